The number of rotatable bonds is 3. The normalized spacial score (nSPS) is 12.4. The average Bonchev–Trinajstić information content (AvgIpc) is 2.74. The highest BCUT2D eigenvalue weighted by Gasteiger charge is 2.14. The number of carbonyl (C=O) groups excluding carboxylic acids is 1. The molecule has 0 aliphatic carbocycles. The monoisotopic (exact) mass is 346 g/mol. The Hall–Kier alpha value is -0.840. The molecular weight excluding hydrogens is 339 g/mol. The Morgan fingerprint density at radius 3 is 2.72 bits per heavy atom. The molecule has 0 bridgehead atoms. The molecule has 18 heavy (non-hydrogen) atoms. The summed E-state index contributed by atoms with van der Waals surface area (Å²) in [6, 6.07) is 5.37. The molecule has 0 aliphatic rings. The third kappa shape index (κ3) is 2.76. The van der Waals surface area contributed by atoms with E-state index in [9.17, 15) is 4.79 Å². The van der Waals surface area contributed by atoms with Crippen LogP contribution in [0.4, 0.5) is 0 Å². The Bertz CT molecular complexity index is 598. The number of hydrogen-bond acceptors (Lipinski definition) is 2. The Labute approximate surface area is 123 Å². The van der Waals surface area contributed by atoms with Crippen LogP contribution in [0.1, 0.15) is 18.4 Å². The van der Waals surface area contributed by atoms with Gasteiger partial charge in [0.15, 0.2) is 0 Å². The summed E-state index contributed by atoms with van der Waals surface area (Å²) < 4.78 is 2.52. The van der Waals surface area contributed by atoms with Crippen LogP contribution in [-0.4, -0.2) is 15.0 Å². The minimum Gasteiger partial charge on any atom is -0.281 e. The molecule has 0 fully saturated rings. The van der Waals surface area contributed by atoms with Crippen molar-refractivity contribution < 1.29 is 4.79 Å². The van der Waals surface area contributed by atoms with Crippen LogP contribution in [0.25, 0.3) is 5.69 Å². The third-order valence-electron chi connectivity index (χ3n) is 2.61. The molecule has 94 valence electrons. The van der Waals surface area contributed by atoms with Gasteiger partial charge in [0, 0.05) is 6.20 Å². The second-order valence-electron chi connectivity index (χ2n) is 3.84. The fourth-order valence-corrected chi connectivity index (χ4v) is 2.23. The van der Waals surface area contributed by atoms with E-state index in [2.05, 4.69) is 21.0 Å². The van der Waals surface area contributed by atoms with Crippen molar-refractivity contribution in [2.75, 3.05) is 0 Å². The van der Waals surface area contributed by atoms with Gasteiger partial charge in [-0.3, -0.25) is 4.79 Å². The number of nitrogens with zero attached hydrogens (tertiary/aromatic N) is 2. The lowest BCUT2D eigenvalue weighted by Gasteiger charge is -2.10. The van der Waals surface area contributed by atoms with Crippen LogP contribution in [-0.2, 0) is 4.79 Å². The van der Waals surface area contributed by atoms with Gasteiger partial charge in [0.05, 0.1) is 27.3 Å². The molecule has 6 heteroatoms. The number of carbonyl (C=O) groups is 1. The van der Waals surface area contributed by atoms with Gasteiger partial charge in [0.2, 0.25) is 5.24 Å². The standard InChI is InChI=1S/C12H9BrCl2N2O/c1-7(12(15)18)8-2-3-11(10(14)4-8)17-6-9(13)5-16-17/h2-7H,1H3. The number of benzene rings is 1. The van der Waals surface area contributed by atoms with Gasteiger partial charge >= 0.3 is 0 Å². The predicted molar refractivity (Wildman–Crippen MR) is 75.5 cm³/mol. The Balaban J connectivity index is 2.39. The molecule has 0 saturated carbocycles. The molecule has 1 heterocycles. The molecule has 1 unspecified atom stereocenters. The van der Waals surface area contributed by atoms with E-state index in [0.717, 1.165) is 15.7 Å². The average molecular weight is 348 g/mol. The lowest BCUT2D eigenvalue weighted by molar-refractivity contribution is -0.112. The maximum absolute atomic E-state index is 11.1. The largest absolute Gasteiger partial charge is 0.281 e. The van der Waals surface area contributed by atoms with Gasteiger partial charge in [0.1, 0.15) is 0 Å². The molecule has 0 radical (unpaired) electrons. The SMILES string of the molecule is CC(C(=O)Cl)c1ccc(-n2cc(Br)cn2)c(Cl)c1. The van der Waals surface area contributed by atoms with Gasteiger partial charge in [-0.05, 0) is 45.2 Å². The molecule has 1 aromatic carbocycles. The Morgan fingerprint density at radius 2 is 2.22 bits per heavy atom. The third-order valence-corrected chi connectivity index (χ3v) is 3.65. The molecule has 0 aliphatic heterocycles. The second-order valence-corrected chi connectivity index (χ2v) is 5.54. The molecule has 2 aromatic rings. The van der Waals surface area contributed by atoms with E-state index in [4.69, 9.17) is 23.2 Å². The molecule has 0 saturated heterocycles. The molecule has 1 aromatic heterocycles. The summed E-state index contributed by atoms with van der Waals surface area (Å²) in [6.45, 7) is 1.74. The summed E-state index contributed by atoms with van der Waals surface area (Å²) >= 11 is 15.0. The van der Waals surface area contributed by atoms with Crippen molar-refractivity contribution in [1.82, 2.24) is 9.78 Å². The lowest BCUT2D eigenvalue weighted by Crippen LogP contribution is -2.03. The van der Waals surface area contributed by atoms with Crippen molar-refractivity contribution in [2.45, 2.75) is 12.8 Å². The molecule has 2 rings (SSSR count). The zero-order valence-electron chi connectivity index (χ0n) is 9.40. The van der Waals surface area contributed by atoms with Gasteiger partial charge < -0.3 is 0 Å². The predicted octanol–water partition coefficient (Wildman–Crippen LogP) is 4.16. The Kier molecular flexibility index (Phi) is 4.10. The summed E-state index contributed by atoms with van der Waals surface area (Å²) in [5.41, 5.74) is 1.54. The van der Waals surface area contributed by atoms with Crippen molar-refractivity contribution in [2.24, 2.45) is 0 Å². The smallest absolute Gasteiger partial charge is 0.228 e. The van der Waals surface area contributed by atoms with Crippen molar-refractivity contribution in [1.29, 1.82) is 0 Å². The van der Waals surface area contributed by atoms with E-state index in [1.54, 1.807) is 30.1 Å². The fraction of sp³-hybridized carbons (Fsp3) is 0.167. The van der Waals surface area contributed by atoms with Crippen LogP contribution < -0.4 is 0 Å². The minimum absolute atomic E-state index is 0.373. The van der Waals surface area contributed by atoms with Gasteiger partial charge in [-0.15, -0.1) is 0 Å². The lowest BCUT2D eigenvalue weighted by atomic mass is 10.0. The highest BCUT2D eigenvalue weighted by Crippen LogP contribution is 2.27. The van der Waals surface area contributed by atoms with Crippen LogP contribution >= 0.6 is 39.1 Å². The van der Waals surface area contributed by atoms with E-state index in [1.807, 2.05) is 12.1 Å². The second kappa shape index (κ2) is 5.43. The van der Waals surface area contributed by atoms with Crippen LogP contribution in [0.2, 0.25) is 5.02 Å². The molecule has 3 nitrogen and oxygen atoms in total. The highest BCUT2D eigenvalue weighted by atomic mass is 79.9. The van der Waals surface area contributed by atoms with Gasteiger partial charge in [-0.2, -0.15) is 5.10 Å². The zero-order valence-corrected chi connectivity index (χ0v) is 12.5. The first-order chi connectivity index (χ1) is 8.49. The van der Waals surface area contributed by atoms with E-state index in [1.165, 1.54) is 0 Å². The van der Waals surface area contributed by atoms with E-state index in [-0.39, 0.29) is 5.92 Å². The van der Waals surface area contributed by atoms with Crippen LogP contribution in [0, 0.1) is 0 Å². The van der Waals surface area contributed by atoms with Crippen molar-refractivity contribution in [3.05, 3.63) is 45.7 Å². The van der Waals surface area contributed by atoms with Gasteiger partial charge in [0.25, 0.3) is 0 Å². The van der Waals surface area contributed by atoms with E-state index in [0.29, 0.717) is 5.02 Å². The maximum Gasteiger partial charge on any atom is 0.228 e. The summed E-state index contributed by atoms with van der Waals surface area (Å²) in [5.74, 6) is -0.373. The van der Waals surface area contributed by atoms with E-state index < -0.39 is 5.24 Å². The topological polar surface area (TPSA) is 34.9 Å². The van der Waals surface area contributed by atoms with Gasteiger partial charge in [-0.25, -0.2) is 4.68 Å². The van der Waals surface area contributed by atoms with Crippen LogP contribution in [0.5, 0.6) is 0 Å². The summed E-state index contributed by atoms with van der Waals surface area (Å²) in [7, 11) is 0. The van der Waals surface area contributed by atoms with Gasteiger partial charge in [-0.1, -0.05) is 24.6 Å². The quantitative estimate of drug-likeness (QED) is 0.781. The summed E-state index contributed by atoms with van der Waals surface area (Å²) in [4.78, 5) is 11.1. The first kappa shape index (κ1) is 13.6. The first-order valence-electron chi connectivity index (χ1n) is 5.18. The highest BCUT2D eigenvalue weighted by molar-refractivity contribution is 9.10. The number of aromatic nitrogens is 2. The molecule has 0 N–H and O–H groups in total. The van der Waals surface area contributed by atoms with Crippen LogP contribution in [0.3, 0.4) is 0 Å². The van der Waals surface area contributed by atoms with Crippen molar-refractivity contribution >= 4 is 44.4 Å². The number of hydrogen-bond donors (Lipinski definition) is 0. The first-order valence-corrected chi connectivity index (χ1v) is 6.73. The van der Waals surface area contributed by atoms with Crippen molar-refractivity contribution in [3.63, 3.8) is 0 Å². The summed E-state index contributed by atoms with van der Waals surface area (Å²) in [5, 5.41) is 4.27. The van der Waals surface area contributed by atoms with Crippen molar-refractivity contribution in [3.8, 4) is 5.69 Å². The zero-order chi connectivity index (χ0) is 13.3. The molecular formula is C12H9BrCl2N2O. The molecule has 1 atom stereocenters. The minimum atomic E-state index is -0.402. The number of halogens is 3. The Morgan fingerprint density at radius 1 is 1.50 bits per heavy atom. The fourth-order valence-electron chi connectivity index (χ4n) is 1.54. The van der Waals surface area contributed by atoms with Crippen LogP contribution in [0.15, 0.2) is 35.1 Å². The van der Waals surface area contributed by atoms with E-state index >= 15 is 0 Å². The molecule has 0 spiro atoms. The maximum atomic E-state index is 11.1. The molecule has 0 amide bonds. The summed E-state index contributed by atoms with van der Waals surface area (Å²) in [6.07, 6.45) is 3.48.